The molecule has 0 radical (unpaired) electrons. The van der Waals surface area contributed by atoms with Gasteiger partial charge in [0.15, 0.2) is 0 Å². The van der Waals surface area contributed by atoms with E-state index in [-0.39, 0.29) is 0 Å². The number of rotatable bonds is 4. The van der Waals surface area contributed by atoms with Crippen molar-refractivity contribution >= 4 is 16.6 Å². The number of hydrogen-bond acceptors (Lipinski definition) is 3. The third kappa shape index (κ3) is 2.26. The topological polar surface area (TPSA) is 53.1 Å². The SMILES string of the molecule is COCCn1nc(C(C)C)c2cc(N)ccc21. The fourth-order valence-electron chi connectivity index (χ4n) is 2.00. The molecule has 0 aliphatic carbocycles. The van der Waals surface area contributed by atoms with Gasteiger partial charge in [-0.2, -0.15) is 5.10 Å². The minimum absolute atomic E-state index is 0.392. The zero-order valence-electron chi connectivity index (χ0n) is 10.6. The first-order chi connectivity index (χ1) is 8.13. The van der Waals surface area contributed by atoms with Crippen LogP contribution in [0.1, 0.15) is 25.5 Å². The number of methoxy groups -OCH3 is 1. The van der Waals surface area contributed by atoms with E-state index >= 15 is 0 Å². The van der Waals surface area contributed by atoms with Crippen molar-refractivity contribution in [2.75, 3.05) is 19.5 Å². The lowest BCUT2D eigenvalue weighted by Crippen LogP contribution is -2.06. The Kier molecular flexibility index (Phi) is 3.33. The Morgan fingerprint density at radius 1 is 1.41 bits per heavy atom. The van der Waals surface area contributed by atoms with E-state index in [2.05, 4.69) is 18.9 Å². The summed E-state index contributed by atoms with van der Waals surface area (Å²) in [5.74, 6) is 0.392. The Morgan fingerprint density at radius 2 is 2.18 bits per heavy atom. The Morgan fingerprint density at radius 3 is 2.82 bits per heavy atom. The summed E-state index contributed by atoms with van der Waals surface area (Å²) in [6, 6.07) is 5.94. The fraction of sp³-hybridized carbons (Fsp3) is 0.462. The largest absolute Gasteiger partial charge is 0.399 e. The van der Waals surface area contributed by atoms with E-state index in [1.807, 2.05) is 22.9 Å². The molecule has 2 aromatic rings. The van der Waals surface area contributed by atoms with Crippen molar-refractivity contribution < 1.29 is 4.74 Å². The fourth-order valence-corrected chi connectivity index (χ4v) is 2.00. The number of nitrogens with zero attached hydrogens (tertiary/aromatic N) is 2. The van der Waals surface area contributed by atoms with Crippen molar-refractivity contribution in [2.45, 2.75) is 26.3 Å². The molecule has 0 atom stereocenters. The summed E-state index contributed by atoms with van der Waals surface area (Å²) in [5.41, 5.74) is 8.85. The van der Waals surface area contributed by atoms with E-state index in [1.54, 1.807) is 7.11 Å². The number of nitrogen functional groups attached to an aromatic ring is 1. The summed E-state index contributed by atoms with van der Waals surface area (Å²) >= 11 is 0. The second kappa shape index (κ2) is 4.75. The summed E-state index contributed by atoms with van der Waals surface area (Å²) in [4.78, 5) is 0. The maximum absolute atomic E-state index is 5.84. The standard InChI is InChI=1S/C13H19N3O/c1-9(2)13-11-8-10(14)4-5-12(11)16(15-13)6-7-17-3/h4-5,8-9H,6-7,14H2,1-3H3. The van der Waals surface area contributed by atoms with Crippen LogP contribution in [-0.4, -0.2) is 23.5 Å². The number of nitrogens with two attached hydrogens (primary N) is 1. The van der Waals surface area contributed by atoms with Gasteiger partial charge in [0.25, 0.3) is 0 Å². The Balaban J connectivity index is 2.54. The van der Waals surface area contributed by atoms with Crippen LogP contribution in [0.4, 0.5) is 5.69 Å². The smallest absolute Gasteiger partial charge is 0.0729 e. The molecule has 17 heavy (non-hydrogen) atoms. The highest BCUT2D eigenvalue weighted by Gasteiger charge is 2.13. The lowest BCUT2D eigenvalue weighted by molar-refractivity contribution is 0.184. The van der Waals surface area contributed by atoms with Gasteiger partial charge >= 0.3 is 0 Å². The quantitative estimate of drug-likeness (QED) is 0.825. The minimum atomic E-state index is 0.392. The molecule has 0 aliphatic rings. The predicted octanol–water partition coefficient (Wildman–Crippen LogP) is 2.39. The molecule has 0 saturated carbocycles. The molecule has 0 bridgehead atoms. The number of aromatic nitrogens is 2. The normalized spacial score (nSPS) is 11.5. The highest BCUT2D eigenvalue weighted by molar-refractivity contribution is 5.85. The summed E-state index contributed by atoms with van der Waals surface area (Å²) in [6.45, 7) is 5.72. The van der Waals surface area contributed by atoms with Crippen LogP contribution in [0.2, 0.25) is 0 Å². The highest BCUT2D eigenvalue weighted by Crippen LogP contribution is 2.26. The van der Waals surface area contributed by atoms with E-state index in [0.29, 0.717) is 12.5 Å². The molecule has 0 aliphatic heterocycles. The van der Waals surface area contributed by atoms with Crippen molar-refractivity contribution in [3.63, 3.8) is 0 Å². The second-order valence-corrected chi connectivity index (χ2v) is 4.53. The third-order valence-electron chi connectivity index (χ3n) is 2.86. The molecule has 4 nitrogen and oxygen atoms in total. The molecule has 1 heterocycles. The summed E-state index contributed by atoms with van der Waals surface area (Å²) in [5, 5.41) is 5.80. The first kappa shape index (κ1) is 11.9. The first-order valence-electron chi connectivity index (χ1n) is 5.88. The average Bonchev–Trinajstić information content (AvgIpc) is 2.64. The molecule has 4 heteroatoms. The predicted molar refractivity (Wildman–Crippen MR) is 70.1 cm³/mol. The maximum Gasteiger partial charge on any atom is 0.0729 e. The van der Waals surface area contributed by atoms with Gasteiger partial charge < -0.3 is 10.5 Å². The highest BCUT2D eigenvalue weighted by atomic mass is 16.5. The number of ether oxygens (including phenoxy) is 1. The van der Waals surface area contributed by atoms with Crippen LogP contribution >= 0.6 is 0 Å². The van der Waals surface area contributed by atoms with Crippen LogP contribution in [0.5, 0.6) is 0 Å². The van der Waals surface area contributed by atoms with E-state index in [0.717, 1.165) is 28.8 Å². The van der Waals surface area contributed by atoms with Crippen molar-refractivity contribution in [2.24, 2.45) is 0 Å². The van der Waals surface area contributed by atoms with Crippen LogP contribution in [0, 0.1) is 0 Å². The molecular weight excluding hydrogens is 214 g/mol. The molecule has 2 N–H and O–H groups in total. The Labute approximate surface area is 101 Å². The van der Waals surface area contributed by atoms with Crippen LogP contribution < -0.4 is 5.73 Å². The van der Waals surface area contributed by atoms with Crippen LogP contribution in [-0.2, 0) is 11.3 Å². The number of fused-ring (bicyclic) bond motifs is 1. The molecule has 1 aromatic carbocycles. The van der Waals surface area contributed by atoms with Crippen LogP contribution in [0.15, 0.2) is 18.2 Å². The molecule has 0 fully saturated rings. The van der Waals surface area contributed by atoms with Gasteiger partial charge in [0.1, 0.15) is 0 Å². The van der Waals surface area contributed by atoms with Crippen molar-refractivity contribution in [3.05, 3.63) is 23.9 Å². The third-order valence-corrected chi connectivity index (χ3v) is 2.86. The lowest BCUT2D eigenvalue weighted by atomic mass is 10.1. The second-order valence-electron chi connectivity index (χ2n) is 4.53. The molecule has 1 aromatic heterocycles. The number of anilines is 1. The Bertz CT molecular complexity index is 517. The number of hydrogen-bond donors (Lipinski definition) is 1. The minimum Gasteiger partial charge on any atom is -0.399 e. The zero-order valence-corrected chi connectivity index (χ0v) is 10.6. The summed E-state index contributed by atoms with van der Waals surface area (Å²) in [6.07, 6.45) is 0. The Hall–Kier alpha value is -1.55. The molecule has 0 spiro atoms. The van der Waals surface area contributed by atoms with Gasteiger partial charge in [0.05, 0.1) is 24.4 Å². The van der Waals surface area contributed by atoms with Crippen LogP contribution in [0.3, 0.4) is 0 Å². The van der Waals surface area contributed by atoms with E-state index in [4.69, 9.17) is 10.5 Å². The van der Waals surface area contributed by atoms with Crippen LogP contribution in [0.25, 0.3) is 10.9 Å². The van der Waals surface area contributed by atoms with Crippen molar-refractivity contribution in [1.29, 1.82) is 0 Å². The summed E-state index contributed by atoms with van der Waals surface area (Å²) < 4.78 is 7.10. The van der Waals surface area contributed by atoms with Gasteiger partial charge in [-0.25, -0.2) is 0 Å². The van der Waals surface area contributed by atoms with E-state index in [9.17, 15) is 0 Å². The monoisotopic (exact) mass is 233 g/mol. The van der Waals surface area contributed by atoms with Gasteiger partial charge in [0, 0.05) is 18.2 Å². The molecule has 0 amide bonds. The number of benzene rings is 1. The van der Waals surface area contributed by atoms with Gasteiger partial charge in [-0.15, -0.1) is 0 Å². The van der Waals surface area contributed by atoms with Gasteiger partial charge in [-0.1, -0.05) is 13.8 Å². The maximum atomic E-state index is 5.84. The van der Waals surface area contributed by atoms with Gasteiger partial charge in [0.2, 0.25) is 0 Å². The van der Waals surface area contributed by atoms with Gasteiger partial charge in [-0.3, -0.25) is 4.68 Å². The summed E-state index contributed by atoms with van der Waals surface area (Å²) in [7, 11) is 1.70. The van der Waals surface area contributed by atoms with Gasteiger partial charge in [-0.05, 0) is 24.1 Å². The van der Waals surface area contributed by atoms with E-state index in [1.165, 1.54) is 0 Å². The molecule has 2 rings (SSSR count). The van der Waals surface area contributed by atoms with Crippen molar-refractivity contribution in [1.82, 2.24) is 9.78 Å². The molecule has 0 saturated heterocycles. The lowest BCUT2D eigenvalue weighted by Gasteiger charge is -2.02. The first-order valence-corrected chi connectivity index (χ1v) is 5.88. The molecule has 92 valence electrons. The van der Waals surface area contributed by atoms with E-state index < -0.39 is 0 Å². The molecular formula is C13H19N3O. The average molecular weight is 233 g/mol. The van der Waals surface area contributed by atoms with Crippen molar-refractivity contribution in [3.8, 4) is 0 Å². The zero-order chi connectivity index (χ0) is 12.4. The molecule has 0 unspecified atom stereocenters.